The molecule has 0 rings (SSSR count). The molecule has 0 radical (unpaired) electrons. The van der Waals surface area contributed by atoms with E-state index < -0.39 is 23.3 Å². The maximum absolute atomic E-state index is 10.1. The minimum absolute atomic E-state index is 0.0509. The average Bonchev–Trinajstić information content (AvgIpc) is 1.79. The second-order valence-electron chi connectivity index (χ2n) is 2.19. The molecule has 0 saturated heterocycles. The van der Waals surface area contributed by atoms with Crippen LogP contribution in [0.5, 0.6) is 0 Å². The summed E-state index contributed by atoms with van der Waals surface area (Å²) in [6, 6.07) is 0. The fourth-order valence-electron chi connectivity index (χ4n) is 0.507. The summed E-state index contributed by atoms with van der Waals surface area (Å²) in [7, 11) is 0. The SMILES string of the molecule is CC(O)(O)/C(=C/C(=O)[O-])C(=O)[O-]. The highest BCUT2D eigenvalue weighted by Crippen LogP contribution is 2.10. The molecule has 12 heavy (non-hydrogen) atoms. The molecule has 0 aliphatic carbocycles. The Morgan fingerprint density at radius 3 is 1.83 bits per heavy atom. The zero-order chi connectivity index (χ0) is 9.94. The van der Waals surface area contributed by atoms with E-state index in [2.05, 4.69) is 0 Å². The molecule has 0 aromatic rings. The van der Waals surface area contributed by atoms with Crippen LogP contribution in [0.3, 0.4) is 0 Å². The van der Waals surface area contributed by atoms with Crippen molar-refractivity contribution in [3.63, 3.8) is 0 Å². The van der Waals surface area contributed by atoms with Crippen LogP contribution in [0.25, 0.3) is 0 Å². The number of hydrogen-bond acceptors (Lipinski definition) is 6. The first kappa shape index (κ1) is 10.6. The van der Waals surface area contributed by atoms with Gasteiger partial charge in [-0.1, -0.05) is 0 Å². The molecule has 0 spiro atoms. The molecule has 0 fully saturated rings. The van der Waals surface area contributed by atoms with E-state index in [0.29, 0.717) is 6.92 Å². The van der Waals surface area contributed by atoms with E-state index in [1.807, 2.05) is 0 Å². The van der Waals surface area contributed by atoms with Gasteiger partial charge in [-0.3, -0.25) is 0 Å². The minimum Gasteiger partial charge on any atom is -0.545 e. The maximum atomic E-state index is 10.1. The van der Waals surface area contributed by atoms with Crippen molar-refractivity contribution < 1.29 is 30.0 Å². The molecule has 6 heteroatoms. The Bertz CT molecular complexity index is 233. The van der Waals surface area contributed by atoms with Crippen LogP contribution in [0.2, 0.25) is 0 Å². The average molecular weight is 174 g/mol. The highest BCUT2D eigenvalue weighted by atomic mass is 16.5. The predicted octanol–water partition coefficient (Wildman–Crippen LogP) is -3.89. The molecule has 6 nitrogen and oxygen atoms in total. The zero-order valence-corrected chi connectivity index (χ0v) is 6.10. The molecular weight excluding hydrogens is 168 g/mol. The molecule has 0 saturated carbocycles. The molecular formula is C6H6O6-2. The fraction of sp³-hybridized carbons (Fsp3) is 0.333. The normalized spacial score (nSPS) is 12.8. The molecule has 0 aromatic carbocycles. The van der Waals surface area contributed by atoms with Crippen molar-refractivity contribution in [1.82, 2.24) is 0 Å². The van der Waals surface area contributed by atoms with Crippen LogP contribution in [0.4, 0.5) is 0 Å². The summed E-state index contributed by atoms with van der Waals surface area (Å²) in [4.78, 5) is 20.0. The van der Waals surface area contributed by atoms with Gasteiger partial charge in [-0.25, -0.2) is 0 Å². The standard InChI is InChI=1S/C6H8O6/c1-6(11,12)3(5(9)10)2-4(7)8/h2,11-12H,1H3,(H,7,8)(H,9,10)/p-2/b3-2+. The van der Waals surface area contributed by atoms with Gasteiger partial charge in [-0.05, 0) is 13.0 Å². The van der Waals surface area contributed by atoms with Gasteiger partial charge in [-0.2, -0.15) is 0 Å². The second-order valence-corrected chi connectivity index (χ2v) is 2.19. The van der Waals surface area contributed by atoms with E-state index in [1.165, 1.54) is 0 Å². The molecule has 0 unspecified atom stereocenters. The van der Waals surface area contributed by atoms with E-state index in [4.69, 9.17) is 10.2 Å². The molecule has 0 bridgehead atoms. The lowest BCUT2D eigenvalue weighted by Crippen LogP contribution is -2.39. The molecule has 2 N–H and O–H groups in total. The summed E-state index contributed by atoms with van der Waals surface area (Å²) in [6.07, 6.45) is 0.0509. The molecule has 0 aromatic heterocycles. The quantitative estimate of drug-likeness (QED) is 0.333. The first-order chi connectivity index (χ1) is 5.25. The van der Waals surface area contributed by atoms with E-state index in [1.54, 1.807) is 0 Å². The van der Waals surface area contributed by atoms with Gasteiger partial charge in [0.1, 0.15) is 0 Å². The van der Waals surface area contributed by atoms with Crippen LogP contribution < -0.4 is 10.2 Å². The third-order valence-corrected chi connectivity index (χ3v) is 0.992. The van der Waals surface area contributed by atoms with E-state index in [9.17, 15) is 19.8 Å². The summed E-state index contributed by atoms with van der Waals surface area (Å²) in [5.41, 5.74) is -1.16. The summed E-state index contributed by atoms with van der Waals surface area (Å²) in [5, 5.41) is 37.3. The van der Waals surface area contributed by atoms with Gasteiger partial charge in [0, 0.05) is 5.57 Å². The third kappa shape index (κ3) is 3.13. The van der Waals surface area contributed by atoms with E-state index in [0.717, 1.165) is 0 Å². The van der Waals surface area contributed by atoms with Gasteiger partial charge in [0.15, 0.2) is 5.79 Å². The number of carboxylic acid groups (broad SMARTS) is 2. The number of carbonyl (C=O) groups is 2. The minimum atomic E-state index is -2.75. The van der Waals surface area contributed by atoms with Crippen molar-refractivity contribution in [3.05, 3.63) is 11.6 Å². The van der Waals surface area contributed by atoms with Crippen molar-refractivity contribution in [1.29, 1.82) is 0 Å². The van der Waals surface area contributed by atoms with Crippen LogP contribution in [-0.4, -0.2) is 27.9 Å². The Labute approximate surface area is 67.4 Å². The van der Waals surface area contributed by atoms with Crippen LogP contribution in [0, 0.1) is 0 Å². The Balaban J connectivity index is 4.94. The van der Waals surface area contributed by atoms with Crippen molar-refractivity contribution in [2.24, 2.45) is 0 Å². The summed E-state index contributed by atoms with van der Waals surface area (Å²) >= 11 is 0. The highest BCUT2D eigenvalue weighted by molar-refractivity contribution is 5.94. The summed E-state index contributed by atoms with van der Waals surface area (Å²) < 4.78 is 0. The Hall–Kier alpha value is -1.40. The molecule has 68 valence electrons. The number of carboxylic acids is 2. The molecule has 0 amide bonds. The molecule has 0 atom stereocenters. The van der Waals surface area contributed by atoms with E-state index >= 15 is 0 Å². The van der Waals surface area contributed by atoms with Crippen LogP contribution >= 0.6 is 0 Å². The number of aliphatic hydroxyl groups is 2. The number of hydrogen-bond donors (Lipinski definition) is 2. The van der Waals surface area contributed by atoms with Gasteiger partial charge in [-0.15, -0.1) is 0 Å². The van der Waals surface area contributed by atoms with Gasteiger partial charge in [0.05, 0.1) is 11.9 Å². The van der Waals surface area contributed by atoms with Crippen LogP contribution in [-0.2, 0) is 9.59 Å². The van der Waals surface area contributed by atoms with Gasteiger partial charge < -0.3 is 30.0 Å². The first-order valence-corrected chi connectivity index (χ1v) is 2.84. The third-order valence-electron chi connectivity index (χ3n) is 0.992. The lowest BCUT2D eigenvalue weighted by atomic mass is 10.1. The smallest absolute Gasteiger partial charge is 0.188 e. The lowest BCUT2D eigenvalue weighted by Gasteiger charge is -2.20. The largest absolute Gasteiger partial charge is 0.545 e. The first-order valence-electron chi connectivity index (χ1n) is 2.84. The van der Waals surface area contributed by atoms with Crippen LogP contribution in [0.15, 0.2) is 11.6 Å². The molecule has 0 aliphatic rings. The Morgan fingerprint density at radius 1 is 1.33 bits per heavy atom. The van der Waals surface area contributed by atoms with Crippen molar-refractivity contribution in [3.8, 4) is 0 Å². The number of carbonyl (C=O) groups excluding carboxylic acids is 2. The topological polar surface area (TPSA) is 121 Å². The van der Waals surface area contributed by atoms with Crippen molar-refractivity contribution in [2.75, 3.05) is 0 Å². The highest BCUT2D eigenvalue weighted by Gasteiger charge is 2.22. The van der Waals surface area contributed by atoms with Crippen molar-refractivity contribution in [2.45, 2.75) is 12.7 Å². The Kier molecular flexibility index (Phi) is 2.94. The number of aliphatic carboxylic acids is 2. The predicted molar refractivity (Wildman–Crippen MR) is 30.9 cm³/mol. The molecule has 0 aliphatic heterocycles. The summed E-state index contributed by atoms with van der Waals surface area (Å²) in [5.74, 6) is -6.57. The second kappa shape index (κ2) is 3.33. The number of rotatable bonds is 3. The lowest BCUT2D eigenvalue weighted by molar-refractivity contribution is -0.306. The van der Waals surface area contributed by atoms with Crippen molar-refractivity contribution >= 4 is 11.9 Å². The Morgan fingerprint density at radius 2 is 1.75 bits per heavy atom. The monoisotopic (exact) mass is 174 g/mol. The zero-order valence-electron chi connectivity index (χ0n) is 6.10. The maximum Gasteiger partial charge on any atom is 0.188 e. The van der Waals surface area contributed by atoms with Gasteiger partial charge in [0.25, 0.3) is 0 Å². The van der Waals surface area contributed by atoms with E-state index in [-0.39, 0.29) is 6.08 Å². The van der Waals surface area contributed by atoms with Gasteiger partial charge in [0.2, 0.25) is 0 Å². The van der Waals surface area contributed by atoms with Crippen LogP contribution in [0.1, 0.15) is 6.92 Å². The van der Waals surface area contributed by atoms with Gasteiger partial charge >= 0.3 is 0 Å². The summed E-state index contributed by atoms with van der Waals surface area (Å²) in [6.45, 7) is 0.692. The molecule has 0 heterocycles. The fourth-order valence-corrected chi connectivity index (χ4v) is 0.507.